The Morgan fingerprint density at radius 3 is 2.75 bits per heavy atom. The lowest BCUT2D eigenvalue weighted by Crippen LogP contribution is -2.24. The van der Waals surface area contributed by atoms with Gasteiger partial charge in [-0.05, 0) is 23.8 Å². The molecule has 0 aromatic heterocycles. The smallest absolute Gasteiger partial charge is 0.224 e. The SMILES string of the molecule is COc1ccccc1CNC(=O)Cc1cccc(N)c1. The van der Waals surface area contributed by atoms with Gasteiger partial charge in [0.25, 0.3) is 0 Å². The molecule has 0 heterocycles. The molecule has 104 valence electrons. The van der Waals surface area contributed by atoms with E-state index in [0.29, 0.717) is 18.7 Å². The number of anilines is 1. The van der Waals surface area contributed by atoms with Gasteiger partial charge < -0.3 is 15.8 Å². The molecule has 0 spiro atoms. The van der Waals surface area contributed by atoms with Crippen molar-refractivity contribution in [3.05, 3.63) is 59.7 Å². The monoisotopic (exact) mass is 270 g/mol. The van der Waals surface area contributed by atoms with Gasteiger partial charge in [-0.2, -0.15) is 0 Å². The van der Waals surface area contributed by atoms with Crippen molar-refractivity contribution in [1.29, 1.82) is 0 Å². The van der Waals surface area contributed by atoms with E-state index in [-0.39, 0.29) is 5.91 Å². The molecule has 2 aromatic rings. The molecule has 2 aromatic carbocycles. The van der Waals surface area contributed by atoms with Crippen LogP contribution in [0.3, 0.4) is 0 Å². The molecule has 4 nitrogen and oxygen atoms in total. The summed E-state index contributed by atoms with van der Waals surface area (Å²) in [7, 11) is 1.62. The fourth-order valence-corrected chi connectivity index (χ4v) is 1.99. The van der Waals surface area contributed by atoms with Crippen LogP contribution in [-0.2, 0) is 17.8 Å². The van der Waals surface area contributed by atoms with Gasteiger partial charge in [0, 0.05) is 17.8 Å². The van der Waals surface area contributed by atoms with Gasteiger partial charge in [-0.25, -0.2) is 0 Å². The number of nitrogen functional groups attached to an aromatic ring is 1. The number of carbonyl (C=O) groups excluding carboxylic acids is 1. The van der Waals surface area contributed by atoms with Gasteiger partial charge in [0.1, 0.15) is 5.75 Å². The molecular formula is C16H18N2O2. The second-order valence-electron chi connectivity index (χ2n) is 4.51. The highest BCUT2D eigenvalue weighted by Crippen LogP contribution is 2.16. The Balaban J connectivity index is 1.92. The summed E-state index contributed by atoms with van der Waals surface area (Å²) in [4.78, 5) is 11.9. The lowest BCUT2D eigenvalue weighted by atomic mass is 10.1. The second kappa shape index (κ2) is 6.61. The number of ether oxygens (including phenoxy) is 1. The molecular weight excluding hydrogens is 252 g/mol. The Kier molecular flexibility index (Phi) is 4.60. The first-order chi connectivity index (χ1) is 9.69. The van der Waals surface area contributed by atoms with Crippen LogP contribution in [0.25, 0.3) is 0 Å². The molecule has 20 heavy (non-hydrogen) atoms. The maximum absolute atomic E-state index is 11.9. The van der Waals surface area contributed by atoms with Crippen LogP contribution in [0.15, 0.2) is 48.5 Å². The van der Waals surface area contributed by atoms with E-state index in [0.717, 1.165) is 16.9 Å². The first-order valence-corrected chi connectivity index (χ1v) is 6.42. The molecule has 2 rings (SSSR count). The van der Waals surface area contributed by atoms with Crippen molar-refractivity contribution in [1.82, 2.24) is 5.32 Å². The van der Waals surface area contributed by atoms with E-state index in [1.165, 1.54) is 0 Å². The number of nitrogens with one attached hydrogen (secondary N) is 1. The average molecular weight is 270 g/mol. The van der Waals surface area contributed by atoms with E-state index in [4.69, 9.17) is 10.5 Å². The van der Waals surface area contributed by atoms with Crippen molar-refractivity contribution in [2.24, 2.45) is 0 Å². The maximum Gasteiger partial charge on any atom is 0.224 e. The number of benzene rings is 2. The quantitative estimate of drug-likeness (QED) is 0.818. The Labute approximate surface area is 118 Å². The molecule has 0 bridgehead atoms. The van der Waals surface area contributed by atoms with E-state index in [2.05, 4.69) is 5.32 Å². The Morgan fingerprint density at radius 2 is 2.00 bits per heavy atom. The summed E-state index contributed by atoms with van der Waals surface area (Å²) in [6, 6.07) is 15.0. The Bertz CT molecular complexity index is 597. The molecule has 0 atom stereocenters. The standard InChI is InChI=1S/C16H18N2O2/c1-20-15-8-3-2-6-13(15)11-18-16(19)10-12-5-4-7-14(17)9-12/h2-9H,10-11,17H2,1H3,(H,18,19). The summed E-state index contributed by atoms with van der Waals surface area (Å²) in [6.07, 6.45) is 0.320. The van der Waals surface area contributed by atoms with Gasteiger partial charge in [-0.3, -0.25) is 4.79 Å². The molecule has 0 fully saturated rings. The van der Waals surface area contributed by atoms with Crippen LogP contribution in [0.5, 0.6) is 5.75 Å². The lowest BCUT2D eigenvalue weighted by molar-refractivity contribution is -0.120. The van der Waals surface area contributed by atoms with Gasteiger partial charge >= 0.3 is 0 Å². The highest BCUT2D eigenvalue weighted by Gasteiger charge is 2.06. The Hall–Kier alpha value is -2.49. The van der Waals surface area contributed by atoms with Gasteiger partial charge in [0.05, 0.1) is 13.5 Å². The number of rotatable bonds is 5. The molecule has 0 saturated heterocycles. The van der Waals surface area contributed by atoms with Crippen molar-refractivity contribution in [2.75, 3.05) is 12.8 Å². The number of carbonyl (C=O) groups is 1. The van der Waals surface area contributed by atoms with Crippen molar-refractivity contribution in [3.8, 4) is 5.75 Å². The van der Waals surface area contributed by atoms with E-state index >= 15 is 0 Å². The predicted molar refractivity (Wildman–Crippen MR) is 79.4 cm³/mol. The zero-order chi connectivity index (χ0) is 14.4. The zero-order valence-corrected chi connectivity index (χ0v) is 11.4. The number of amides is 1. The first kappa shape index (κ1) is 13.9. The molecule has 0 aliphatic rings. The minimum absolute atomic E-state index is 0.0403. The molecule has 0 unspecified atom stereocenters. The Morgan fingerprint density at radius 1 is 1.20 bits per heavy atom. The molecule has 0 aliphatic heterocycles. The fraction of sp³-hybridized carbons (Fsp3) is 0.188. The summed E-state index contributed by atoms with van der Waals surface area (Å²) >= 11 is 0. The third-order valence-electron chi connectivity index (χ3n) is 2.98. The van der Waals surface area contributed by atoms with Crippen molar-refractivity contribution in [2.45, 2.75) is 13.0 Å². The first-order valence-electron chi connectivity index (χ1n) is 6.42. The fourth-order valence-electron chi connectivity index (χ4n) is 1.99. The summed E-state index contributed by atoms with van der Waals surface area (Å²) < 4.78 is 5.24. The van der Waals surface area contributed by atoms with E-state index in [1.807, 2.05) is 42.5 Å². The van der Waals surface area contributed by atoms with E-state index in [9.17, 15) is 4.79 Å². The molecule has 0 saturated carbocycles. The third-order valence-corrected chi connectivity index (χ3v) is 2.98. The minimum atomic E-state index is -0.0403. The highest BCUT2D eigenvalue weighted by atomic mass is 16.5. The third kappa shape index (κ3) is 3.75. The second-order valence-corrected chi connectivity index (χ2v) is 4.51. The van der Waals surface area contributed by atoms with Crippen LogP contribution in [0.2, 0.25) is 0 Å². The van der Waals surface area contributed by atoms with Gasteiger partial charge in [0.2, 0.25) is 5.91 Å². The topological polar surface area (TPSA) is 64.3 Å². The molecule has 4 heteroatoms. The van der Waals surface area contributed by atoms with Crippen LogP contribution in [-0.4, -0.2) is 13.0 Å². The number of hydrogen-bond donors (Lipinski definition) is 2. The van der Waals surface area contributed by atoms with E-state index < -0.39 is 0 Å². The normalized spacial score (nSPS) is 10.1. The average Bonchev–Trinajstić information content (AvgIpc) is 2.45. The summed E-state index contributed by atoms with van der Waals surface area (Å²) in [5.74, 6) is 0.735. The maximum atomic E-state index is 11.9. The molecule has 0 aliphatic carbocycles. The number of nitrogens with two attached hydrogens (primary N) is 1. The van der Waals surface area contributed by atoms with Crippen molar-refractivity contribution >= 4 is 11.6 Å². The van der Waals surface area contributed by atoms with Crippen LogP contribution in [0.1, 0.15) is 11.1 Å². The van der Waals surface area contributed by atoms with E-state index in [1.54, 1.807) is 13.2 Å². The molecule has 1 amide bonds. The van der Waals surface area contributed by atoms with Gasteiger partial charge in [-0.1, -0.05) is 30.3 Å². The highest BCUT2D eigenvalue weighted by molar-refractivity contribution is 5.78. The van der Waals surface area contributed by atoms with Crippen LogP contribution in [0.4, 0.5) is 5.69 Å². The minimum Gasteiger partial charge on any atom is -0.496 e. The summed E-state index contributed by atoms with van der Waals surface area (Å²) in [6.45, 7) is 0.450. The van der Waals surface area contributed by atoms with Gasteiger partial charge in [-0.15, -0.1) is 0 Å². The molecule has 3 N–H and O–H groups in total. The van der Waals surface area contributed by atoms with Crippen molar-refractivity contribution < 1.29 is 9.53 Å². The summed E-state index contributed by atoms with van der Waals surface area (Å²) in [5, 5.41) is 2.88. The van der Waals surface area contributed by atoms with Crippen LogP contribution < -0.4 is 15.8 Å². The van der Waals surface area contributed by atoms with Crippen molar-refractivity contribution in [3.63, 3.8) is 0 Å². The lowest BCUT2D eigenvalue weighted by Gasteiger charge is -2.09. The zero-order valence-electron chi connectivity index (χ0n) is 11.4. The van der Waals surface area contributed by atoms with Crippen LogP contribution >= 0.6 is 0 Å². The summed E-state index contributed by atoms with van der Waals surface area (Å²) in [5.41, 5.74) is 8.22. The largest absolute Gasteiger partial charge is 0.496 e. The number of methoxy groups -OCH3 is 1. The molecule has 0 radical (unpaired) electrons. The predicted octanol–water partition coefficient (Wildman–Crippen LogP) is 2.14. The van der Waals surface area contributed by atoms with Gasteiger partial charge in [0.15, 0.2) is 0 Å². The number of hydrogen-bond acceptors (Lipinski definition) is 3. The number of para-hydroxylation sites is 1. The van der Waals surface area contributed by atoms with Crippen LogP contribution in [0, 0.1) is 0 Å².